The zero-order valence-electron chi connectivity index (χ0n) is 9.66. The van der Waals surface area contributed by atoms with E-state index in [2.05, 4.69) is 26.1 Å². The van der Waals surface area contributed by atoms with E-state index in [9.17, 15) is 4.79 Å². The first kappa shape index (κ1) is 11.8. The molecule has 1 aromatic carbocycles. The molecule has 15 heavy (non-hydrogen) atoms. The average molecular weight is 205 g/mol. The normalized spacial score (nSPS) is 14.3. The van der Waals surface area contributed by atoms with E-state index in [1.165, 1.54) is 0 Å². The molecule has 0 saturated heterocycles. The third kappa shape index (κ3) is 3.39. The second-order valence-corrected chi connectivity index (χ2v) is 4.01. The molecule has 0 spiro atoms. The van der Waals surface area contributed by atoms with Crippen molar-refractivity contribution in [1.82, 2.24) is 5.32 Å². The molecule has 0 aliphatic rings. The highest BCUT2D eigenvalue weighted by molar-refractivity contribution is 5.94. The van der Waals surface area contributed by atoms with Crippen LogP contribution in [0, 0.1) is 5.92 Å². The van der Waals surface area contributed by atoms with Crippen LogP contribution in [0.25, 0.3) is 0 Å². The Kier molecular flexibility index (Phi) is 4.35. The van der Waals surface area contributed by atoms with Gasteiger partial charge in [-0.25, -0.2) is 0 Å². The van der Waals surface area contributed by atoms with Crippen LogP contribution in [0.4, 0.5) is 0 Å². The van der Waals surface area contributed by atoms with Crippen molar-refractivity contribution in [2.24, 2.45) is 5.92 Å². The standard InChI is InChI=1S/C13H19NO/c1-4-10(2)11(3)14-13(15)12-8-6-5-7-9-12/h5-11H,4H2,1-3H3,(H,14,15)/t10-,11+/m0/s1. The summed E-state index contributed by atoms with van der Waals surface area (Å²) in [7, 11) is 0. The summed E-state index contributed by atoms with van der Waals surface area (Å²) in [6.07, 6.45) is 1.08. The molecule has 0 aromatic heterocycles. The van der Waals surface area contributed by atoms with Gasteiger partial charge in [0.2, 0.25) is 0 Å². The Morgan fingerprint density at radius 1 is 1.27 bits per heavy atom. The van der Waals surface area contributed by atoms with Crippen molar-refractivity contribution >= 4 is 5.91 Å². The quantitative estimate of drug-likeness (QED) is 0.804. The third-order valence-electron chi connectivity index (χ3n) is 2.89. The molecule has 0 fully saturated rings. The van der Waals surface area contributed by atoms with E-state index < -0.39 is 0 Å². The lowest BCUT2D eigenvalue weighted by Gasteiger charge is -2.19. The number of nitrogens with one attached hydrogen (secondary N) is 1. The van der Waals surface area contributed by atoms with Gasteiger partial charge in [0.05, 0.1) is 0 Å². The molecule has 1 rings (SSSR count). The first-order chi connectivity index (χ1) is 7.15. The predicted molar refractivity (Wildman–Crippen MR) is 62.8 cm³/mol. The molecule has 0 radical (unpaired) electrons. The summed E-state index contributed by atoms with van der Waals surface area (Å²) in [5.41, 5.74) is 0.729. The minimum absolute atomic E-state index is 0.0170. The smallest absolute Gasteiger partial charge is 0.251 e. The van der Waals surface area contributed by atoms with Gasteiger partial charge in [0.25, 0.3) is 5.91 Å². The number of amides is 1. The van der Waals surface area contributed by atoms with Crippen LogP contribution < -0.4 is 5.32 Å². The van der Waals surface area contributed by atoms with Crippen molar-refractivity contribution in [2.75, 3.05) is 0 Å². The maximum absolute atomic E-state index is 11.8. The van der Waals surface area contributed by atoms with Crippen LogP contribution in [0.15, 0.2) is 30.3 Å². The summed E-state index contributed by atoms with van der Waals surface area (Å²) < 4.78 is 0. The van der Waals surface area contributed by atoms with Gasteiger partial charge in [0, 0.05) is 11.6 Å². The Labute approximate surface area is 91.7 Å². The van der Waals surface area contributed by atoms with E-state index >= 15 is 0 Å². The molecule has 2 heteroatoms. The fraction of sp³-hybridized carbons (Fsp3) is 0.462. The Morgan fingerprint density at radius 2 is 1.87 bits per heavy atom. The van der Waals surface area contributed by atoms with E-state index in [0.717, 1.165) is 12.0 Å². The van der Waals surface area contributed by atoms with Gasteiger partial charge in [-0.1, -0.05) is 38.5 Å². The summed E-state index contributed by atoms with van der Waals surface area (Å²) in [6, 6.07) is 9.56. The summed E-state index contributed by atoms with van der Waals surface area (Å²) >= 11 is 0. The number of carbonyl (C=O) groups is 1. The minimum atomic E-state index is 0.0170. The summed E-state index contributed by atoms with van der Waals surface area (Å²) in [5.74, 6) is 0.529. The van der Waals surface area contributed by atoms with Crippen LogP contribution in [0.1, 0.15) is 37.6 Å². The first-order valence-electron chi connectivity index (χ1n) is 5.51. The summed E-state index contributed by atoms with van der Waals surface area (Å²) in [6.45, 7) is 6.33. The molecular formula is C13H19NO. The van der Waals surface area contributed by atoms with Gasteiger partial charge in [0.1, 0.15) is 0 Å². The Balaban J connectivity index is 2.57. The third-order valence-corrected chi connectivity index (χ3v) is 2.89. The summed E-state index contributed by atoms with van der Waals surface area (Å²) in [5, 5.41) is 3.01. The van der Waals surface area contributed by atoms with Gasteiger partial charge >= 0.3 is 0 Å². The maximum Gasteiger partial charge on any atom is 0.251 e. The van der Waals surface area contributed by atoms with Crippen LogP contribution in [0.5, 0.6) is 0 Å². The van der Waals surface area contributed by atoms with Crippen LogP contribution in [-0.2, 0) is 0 Å². The van der Waals surface area contributed by atoms with E-state index in [-0.39, 0.29) is 11.9 Å². The minimum Gasteiger partial charge on any atom is -0.349 e. The highest BCUT2D eigenvalue weighted by atomic mass is 16.1. The second kappa shape index (κ2) is 5.54. The molecule has 2 atom stereocenters. The van der Waals surface area contributed by atoms with E-state index in [1.54, 1.807) is 0 Å². The van der Waals surface area contributed by atoms with Crippen molar-refractivity contribution in [3.63, 3.8) is 0 Å². The Hall–Kier alpha value is -1.31. The molecule has 1 amide bonds. The van der Waals surface area contributed by atoms with Crippen molar-refractivity contribution in [2.45, 2.75) is 33.2 Å². The van der Waals surface area contributed by atoms with E-state index in [0.29, 0.717) is 5.92 Å². The van der Waals surface area contributed by atoms with Crippen molar-refractivity contribution in [3.05, 3.63) is 35.9 Å². The predicted octanol–water partition coefficient (Wildman–Crippen LogP) is 2.85. The fourth-order valence-corrected chi connectivity index (χ4v) is 1.38. The second-order valence-electron chi connectivity index (χ2n) is 4.01. The molecule has 0 aliphatic heterocycles. The highest BCUT2D eigenvalue weighted by Gasteiger charge is 2.13. The number of carbonyl (C=O) groups excluding carboxylic acids is 1. The number of hydrogen-bond donors (Lipinski definition) is 1. The van der Waals surface area contributed by atoms with E-state index in [1.807, 2.05) is 30.3 Å². The van der Waals surface area contributed by atoms with Gasteiger partial charge < -0.3 is 5.32 Å². The fourth-order valence-electron chi connectivity index (χ4n) is 1.38. The summed E-state index contributed by atoms with van der Waals surface area (Å²) in [4.78, 5) is 11.8. The van der Waals surface area contributed by atoms with Gasteiger partial charge in [-0.05, 0) is 25.0 Å². The largest absolute Gasteiger partial charge is 0.349 e. The Morgan fingerprint density at radius 3 is 2.40 bits per heavy atom. The van der Waals surface area contributed by atoms with Crippen molar-refractivity contribution in [3.8, 4) is 0 Å². The van der Waals surface area contributed by atoms with Crippen LogP contribution in [0.3, 0.4) is 0 Å². The topological polar surface area (TPSA) is 29.1 Å². The van der Waals surface area contributed by atoms with Crippen LogP contribution in [-0.4, -0.2) is 11.9 Å². The number of hydrogen-bond acceptors (Lipinski definition) is 1. The molecular weight excluding hydrogens is 186 g/mol. The van der Waals surface area contributed by atoms with Crippen molar-refractivity contribution < 1.29 is 4.79 Å². The van der Waals surface area contributed by atoms with Crippen molar-refractivity contribution in [1.29, 1.82) is 0 Å². The van der Waals surface area contributed by atoms with Gasteiger partial charge in [-0.3, -0.25) is 4.79 Å². The zero-order valence-corrected chi connectivity index (χ0v) is 9.66. The van der Waals surface area contributed by atoms with Gasteiger partial charge in [-0.2, -0.15) is 0 Å². The first-order valence-corrected chi connectivity index (χ1v) is 5.51. The molecule has 0 bridgehead atoms. The lowest BCUT2D eigenvalue weighted by Crippen LogP contribution is -2.36. The molecule has 1 aromatic rings. The average Bonchev–Trinajstić information content (AvgIpc) is 2.29. The lowest BCUT2D eigenvalue weighted by molar-refractivity contribution is 0.0928. The van der Waals surface area contributed by atoms with Crippen LogP contribution >= 0.6 is 0 Å². The van der Waals surface area contributed by atoms with E-state index in [4.69, 9.17) is 0 Å². The number of benzene rings is 1. The van der Waals surface area contributed by atoms with Crippen LogP contribution in [0.2, 0.25) is 0 Å². The SMILES string of the molecule is CC[C@H](C)[C@@H](C)NC(=O)c1ccccc1. The van der Waals surface area contributed by atoms with Gasteiger partial charge in [-0.15, -0.1) is 0 Å². The lowest BCUT2D eigenvalue weighted by atomic mass is 10.0. The Bertz CT molecular complexity index is 308. The monoisotopic (exact) mass is 205 g/mol. The zero-order chi connectivity index (χ0) is 11.3. The molecule has 2 nitrogen and oxygen atoms in total. The molecule has 0 unspecified atom stereocenters. The molecule has 0 aliphatic carbocycles. The molecule has 1 N–H and O–H groups in total. The molecule has 82 valence electrons. The van der Waals surface area contributed by atoms with Gasteiger partial charge in [0.15, 0.2) is 0 Å². The highest BCUT2D eigenvalue weighted by Crippen LogP contribution is 2.08. The molecule has 0 saturated carbocycles. The maximum atomic E-state index is 11.8. The number of rotatable bonds is 4. The molecule has 0 heterocycles.